The third kappa shape index (κ3) is 11.6. The number of hydrogen-bond donors (Lipinski definition) is 2. The molecule has 1 saturated heterocycles. The fraction of sp³-hybridized carbons (Fsp3) is 0.636. The standard InChI is InChI=1S/C22H37N5O3.HI/c1-4-14-30-20-7-5-6-19(17-20)8-9-23-22(25-18-21(28)26(2)3)24-10-11-27-12-15-29-16-13-27;/h5-7,17H,4,8-16,18H2,1-3H3,(H2,23,24,25);1H. The fourth-order valence-corrected chi connectivity index (χ4v) is 2.96. The van der Waals surface area contributed by atoms with Crippen LogP contribution < -0.4 is 15.4 Å². The van der Waals surface area contributed by atoms with Crippen molar-refractivity contribution in [2.75, 3.05) is 73.2 Å². The van der Waals surface area contributed by atoms with Crippen LogP contribution >= 0.6 is 24.0 Å². The summed E-state index contributed by atoms with van der Waals surface area (Å²) in [6.45, 7) is 8.85. The molecular weight excluding hydrogens is 509 g/mol. The Morgan fingerprint density at radius 1 is 1.23 bits per heavy atom. The van der Waals surface area contributed by atoms with Crippen LogP contribution in [0.25, 0.3) is 0 Å². The Morgan fingerprint density at radius 2 is 1.97 bits per heavy atom. The molecule has 31 heavy (non-hydrogen) atoms. The number of halogens is 1. The minimum atomic E-state index is -0.0231. The van der Waals surface area contributed by atoms with E-state index in [1.807, 2.05) is 12.1 Å². The van der Waals surface area contributed by atoms with Crippen LogP contribution in [0.1, 0.15) is 18.9 Å². The first-order valence-electron chi connectivity index (χ1n) is 10.8. The quantitative estimate of drug-likeness (QED) is 0.249. The molecule has 0 bridgehead atoms. The monoisotopic (exact) mass is 547 g/mol. The summed E-state index contributed by atoms with van der Waals surface area (Å²) in [7, 11) is 3.48. The Labute approximate surface area is 203 Å². The van der Waals surface area contributed by atoms with E-state index in [2.05, 4.69) is 39.6 Å². The van der Waals surface area contributed by atoms with Crippen LogP contribution in [0.4, 0.5) is 0 Å². The first-order chi connectivity index (χ1) is 14.6. The molecule has 1 aliphatic rings. The summed E-state index contributed by atoms with van der Waals surface area (Å²) in [5.41, 5.74) is 1.20. The Morgan fingerprint density at radius 3 is 2.68 bits per heavy atom. The summed E-state index contributed by atoms with van der Waals surface area (Å²) in [5, 5.41) is 6.69. The Hall–Kier alpha value is -1.59. The van der Waals surface area contributed by atoms with Crippen LogP contribution in [0.15, 0.2) is 29.3 Å². The van der Waals surface area contributed by atoms with Crippen LogP contribution in [-0.2, 0) is 16.0 Å². The van der Waals surface area contributed by atoms with E-state index in [1.54, 1.807) is 19.0 Å². The molecule has 2 rings (SSSR count). The summed E-state index contributed by atoms with van der Waals surface area (Å²) < 4.78 is 11.1. The van der Waals surface area contributed by atoms with Crippen LogP contribution in [0.2, 0.25) is 0 Å². The van der Waals surface area contributed by atoms with Gasteiger partial charge in [0.2, 0.25) is 5.91 Å². The number of nitrogens with zero attached hydrogens (tertiary/aromatic N) is 3. The van der Waals surface area contributed by atoms with Gasteiger partial charge in [-0.2, -0.15) is 0 Å². The highest BCUT2D eigenvalue weighted by Gasteiger charge is 2.10. The third-order valence-corrected chi connectivity index (χ3v) is 4.77. The second kappa shape index (κ2) is 16.1. The van der Waals surface area contributed by atoms with Crippen molar-refractivity contribution in [2.45, 2.75) is 19.8 Å². The highest BCUT2D eigenvalue weighted by Crippen LogP contribution is 2.13. The van der Waals surface area contributed by atoms with Crippen molar-refractivity contribution in [3.8, 4) is 5.75 Å². The molecule has 0 saturated carbocycles. The van der Waals surface area contributed by atoms with Crippen molar-refractivity contribution >= 4 is 35.8 Å². The van der Waals surface area contributed by atoms with E-state index in [1.165, 1.54) is 5.56 Å². The Balaban J connectivity index is 0.00000480. The number of nitrogens with one attached hydrogen (secondary N) is 2. The topological polar surface area (TPSA) is 78.4 Å². The molecule has 0 aliphatic carbocycles. The number of morpholine rings is 1. The molecule has 0 unspecified atom stereocenters. The summed E-state index contributed by atoms with van der Waals surface area (Å²) in [4.78, 5) is 20.3. The predicted octanol–water partition coefficient (Wildman–Crippen LogP) is 1.59. The maximum Gasteiger partial charge on any atom is 0.243 e. The molecule has 0 aromatic heterocycles. The zero-order valence-corrected chi connectivity index (χ0v) is 21.4. The van der Waals surface area contributed by atoms with E-state index in [-0.39, 0.29) is 36.4 Å². The van der Waals surface area contributed by atoms with E-state index < -0.39 is 0 Å². The maximum atomic E-state index is 11.9. The smallest absolute Gasteiger partial charge is 0.243 e. The number of amides is 1. The SMILES string of the molecule is CCCOc1cccc(CCNC(=NCC(=O)N(C)C)NCCN2CCOCC2)c1.I. The number of benzene rings is 1. The van der Waals surface area contributed by atoms with Crippen LogP contribution in [0, 0.1) is 0 Å². The molecule has 1 aromatic rings. The second-order valence-corrected chi connectivity index (χ2v) is 7.51. The van der Waals surface area contributed by atoms with Crippen molar-refractivity contribution in [2.24, 2.45) is 4.99 Å². The van der Waals surface area contributed by atoms with Gasteiger partial charge in [-0.3, -0.25) is 9.69 Å². The Bertz CT molecular complexity index is 666. The van der Waals surface area contributed by atoms with Gasteiger partial charge in [0.1, 0.15) is 12.3 Å². The molecule has 176 valence electrons. The largest absolute Gasteiger partial charge is 0.494 e. The van der Waals surface area contributed by atoms with E-state index in [4.69, 9.17) is 9.47 Å². The van der Waals surface area contributed by atoms with Crippen molar-refractivity contribution in [3.05, 3.63) is 29.8 Å². The van der Waals surface area contributed by atoms with Gasteiger partial charge in [0.15, 0.2) is 5.96 Å². The molecule has 9 heteroatoms. The van der Waals surface area contributed by atoms with Gasteiger partial charge in [0, 0.05) is 46.8 Å². The molecule has 8 nitrogen and oxygen atoms in total. The predicted molar refractivity (Wildman–Crippen MR) is 136 cm³/mol. The molecule has 1 amide bonds. The van der Waals surface area contributed by atoms with Gasteiger partial charge >= 0.3 is 0 Å². The van der Waals surface area contributed by atoms with Gasteiger partial charge < -0.3 is 25.0 Å². The van der Waals surface area contributed by atoms with Gasteiger partial charge in [-0.1, -0.05) is 19.1 Å². The molecule has 2 N–H and O–H groups in total. The maximum absolute atomic E-state index is 11.9. The number of carbonyl (C=O) groups excluding carboxylic acids is 1. The van der Waals surface area contributed by atoms with Crippen molar-refractivity contribution in [3.63, 3.8) is 0 Å². The van der Waals surface area contributed by atoms with Gasteiger partial charge in [0.05, 0.1) is 19.8 Å². The first kappa shape index (κ1) is 27.4. The van der Waals surface area contributed by atoms with Crippen molar-refractivity contribution in [1.29, 1.82) is 0 Å². The van der Waals surface area contributed by atoms with Crippen LogP contribution in [-0.4, -0.2) is 94.9 Å². The van der Waals surface area contributed by atoms with Gasteiger partial charge in [-0.15, -0.1) is 24.0 Å². The van der Waals surface area contributed by atoms with Crippen molar-refractivity contribution in [1.82, 2.24) is 20.4 Å². The molecule has 0 spiro atoms. The van der Waals surface area contributed by atoms with Crippen LogP contribution in [0.5, 0.6) is 5.75 Å². The summed E-state index contributed by atoms with van der Waals surface area (Å²) in [5.74, 6) is 1.55. The molecule has 1 aliphatic heterocycles. The Kier molecular flexibility index (Phi) is 14.3. The number of guanidine groups is 1. The lowest BCUT2D eigenvalue weighted by Crippen LogP contribution is -2.45. The summed E-state index contributed by atoms with van der Waals surface area (Å²) >= 11 is 0. The molecule has 1 fully saturated rings. The highest BCUT2D eigenvalue weighted by molar-refractivity contribution is 14.0. The number of rotatable bonds is 11. The zero-order valence-electron chi connectivity index (χ0n) is 19.1. The lowest BCUT2D eigenvalue weighted by molar-refractivity contribution is -0.127. The molecule has 1 heterocycles. The first-order valence-corrected chi connectivity index (χ1v) is 10.8. The number of ether oxygens (including phenoxy) is 2. The number of carbonyl (C=O) groups is 1. The lowest BCUT2D eigenvalue weighted by atomic mass is 10.1. The minimum absolute atomic E-state index is 0. The van der Waals surface area contributed by atoms with E-state index in [0.29, 0.717) is 5.96 Å². The molecular formula is C22H38IN5O3. The average Bonchev–Trinajstić information content (AvgIpc) is 2.76. The fourth-order valence-electron chi connectivity index (χ4n) is 2.96. The molecule has 1 aromatic carbocycles. The molecule has 0 radical (unpaired) electrons. The number of aliphatic imine (C=N–C) groups is 1. The summed E-state index contributed by atoms with van der Waals surface area (Å²) in [6.07, 6.45) is 1.84. The summed E-state index contributed by atoms with van der Waals surface area (Å²) in [6, 6.07) is 8.18. The highest BCUT2D eigenvalue weighted by atomic mass is 127. The average molecular weight is 547 g/mol. The third-order valence-electron chi connectivity index (χ3n) is 4.77. The van der Waals surface area contributed by atoms with Gasteiger partial charge in [0.25, 0.3) is 0 Å². The molecule has 0 atom stereocenters. The van der Waals surface area contributed by atoms with E-state index in [0.717, 1.165) is 71.1 Å². The van der Waals surface area contributed by atoms with Gasteiger partial charge in [-0.25, -0.2) is 4.99 Å². The lowest BCUT2D eigenvalue weighted by Gasteiger charge is -2.26. The second-order valence-electron chi connectivity index (χ2n) is 7.51. The van der Waals surface area contributed by atoms with E-state index in [9.17, 15) is 4.79 Å². The van der Waals surface area contributed by atoms with Crippen molar-refractivity contribution < 1.29 is 14.3 Å². The van der Waals surface area contributed by atoms with Crippen LogP contribution in [0.3, 0.4) is 0 Å². The minimum Gasteiger partial charge on any atom is -0.494 e. The number of hydrogen-bond acceptors (Lipinski definition) is 5. The van der Waals surface area contributed by atoms with Gasteiger partial charge in [-0.05, 0) is 30.5 Å². The van der Waals surface area contributed by atoms with E-state index >= 15 is 0 Å². The normalized spacial score (nSPS) is 14.5. The number of likely N-dealkylation sites (N-methyl/N-ethyl adjacent to an activating group) is 1. The zero-order chi connectivity index (χ0) is 21.6.